The van der Waals surface area contributed by atoms with Gasteiger partial charge in [0, 0.05) is 19.2 Å². The fraction of sp³-hybridized carbons (Fsp3) is 0.840. The molecule has 0 radical (unpaired) electrons. The SMILES string of the molecule is Cn1cc(NCC(=O)[C@H]2CCC3[C@@H]4CC[C@@H]5C[C@](C)(O)CC[C@]5(F)C4CC[C@@]32C)cn1. The second kappa shape index (κ2) is 7.29. The second-order valence-corrected chi connectivity index (χ2v) is 11.7. The van der Waals surface area contributed by atoms with Gasteiger partial charge in [-0.15, -0.1) is 0 Å². The molecule has 0 amide bonds. The molecule has 0 bridgehead atoms. The third-order valence-electron chi connectivity index (χ3n) is 9.87. The van der Waals surface area contributed by atoms with Crippen molar-refractivity contribution < 1.29 is 14.3 Å². The average Bonchev–Trinajstić information content (AvgIpc) is 3.29. The Morgan fingerprint density at radius 3 is 2.74 bits per heavy atom. The van der Waals surface area contributed by atoms with Gasteiger partial charge < -0.3 is 10.4 Å². The summed E-state index contributed by atoms with van der Waals surface area (Å²) < 4.78 is 18.2. The molecule has 4 fully saturated rings. The number of fused-ring (bicyclic) bond motifs is 5. The van der Waals surface area contributed by atoms with E-state index in [-0.39, 0.29) is 23.2 Å². The Morgan fingerprint density at radius 2 is 2.00 bits per heavy atom. The van der Waals surface area contributed by atoms with E-state index in [0.29, 0.717) is 43.4 Å². The molecule has 6 heteroatoms. The number of rotatable bonds is 4. The molecule has 1 aromatic rings. The molecule has 2 N–H and O–H groups in total. The molecule has 5 nitrogen and oxygen atoms in total. The quantitative estimate of drug-likeness (QED) is 0.736. The minimum Gasteiger partial charge on any atom is -0.390 e. The van der Waals surface area contributed by atoms with Gasteiger partial charge in [0.1, 0.15) is 5.67 Å². The third-order valence-corrected chi connectivity index (χ3v) is 9.87. The zero-order chi connectivity index (χ0) is 22.0. The number of aryl methyl sites for hydroxylation is 1. The highest BCUT2D eigenvalue weighted by atomic mass is 19.1. The molecule has 2 unspecified atom stereocenters. The number of anilines is 1. The van der Waals surface area contributed by atoms with Crippen LogP contribution in [0.2, 0.25) is 0 Å². The largest absolute Gasteiger partial charge is 0.390 e. The highest BCUT2D eigenvalue weighted by molar-refractivity contribution is 5.86. The zero-order valence-corrected chi connectivity index (χ0v) is 19.2. The Labute approximate surface area is 185 Å². The molecule has 0 saturated heterocycles. The van der Waals surface area contributed by atoms with Gasteiger partial charge in [0.2, 0.25) is 0 Å². The molecule has 5 rings (SSSR count). The van der Waals surface area contributed by atoms with Gasteiger partial charge in [0.05, 0.1) is 24.0 Å². The van der Waals surface area contributed by atoms with Gasteiger partial charge in [-0.05, 0) is 93.8 Å². The van der Waals surface area contributed by atoms with Gasteiger partial charge in [0.15, 0.2) is 5.78 Å². The van der Waals surface area contributed by atoms with Crippen molar-refractivity contribution >= 4 is 11.5 Å². The number of alkyl halides is 1. The van der Waals surface area contributed by atoms with Gasteiger partial charge in [-0.3, -0.25) is 9.48 Å². The molecule has 4 saturated carbocycles. The van der Waals surface area contributed by atoms with Crippen molar-refractivity contribution in [2.45, 2.75) is 82.9 Å². The van der Waals surface area contributed by atoms with Crippen molar-refractivity contribution in [2.75, 3.05) is 11.9 Å². The van der Waals surface area contributed by atoms with E-state index in [1.807, 2.05) is 20.2 Å². The van der Waals surface area contributed by atoms with Crippen LogP contribution in [0, 0.1) is 35.0 Å². The molecule has 0 spiro atoms. The van der Waals surface area contributed by atoms with Crippen molar-refractivity contribution in [3.05, 3.63) is 12.4 Å². The first-order valence-electron chi connectivity index (χ1n) is 12.3. The lowest BCUT2D eigenvalue weighted by molar-refractivity contribution is -0.165. The topological polar surface area (TPSA) is 67.2 Å². The lowest BCUT2D eigenvalue weighted by atomic mass is 9.48. The van der Waals surface area contributed by atoms with Crippen LogP contribution in [0.1, 0.15) is 71.6 Å². The number of hydrogen-bond acceptors (Lipinski definition) is 4. The van der Waals surface area contributed by atoms with Crippen LogP contribution in [-0.2, 0) is 11.8 Å². The van der Waals surface area contributed by atoms with Crippen LogP contribution in [0.3, 0.4) is 0 Å². The maximum Gasteiger partial charge on any atom is 0.155 e. The number of carbonyl (C=O) groups is 1. The van der Waals surface area contributed by atoms with Gasteiger partial charge in [-0.25, -0.2) is 4.39 Å². The first-order valence-corrected chi connectivity index (χ1v) is 12.3. The summed E-state index contributed by atoms with van der Waals surface area (Å²) in [6.07, 6.45) is 11.1. The number of aliphatic hydroxyl groups is 1. The molecule has 172 valence electrons. The van der Waals surface area contributed by atoms with E-state index in [2.05, 4.69) is 17.3 Å². The van der Waals surface area contributed by atoms with Crippen molar-refractivity contribution in [2.24, 2.45) is 42.1 Å². The number of nitrogens with one attached hydrogen (secondary N) is 1. The zero-order valence-electron chi connectivity index (χ0n) is 19.2. The maximum atomic E-state index is 16.4. The maximum absolute atomic E-state index is 16.4. The number of halogens is 1. The molecule has 1 aromatic heterocycles. The minimum absolute atomic E-state index is 0.00176. The van der Waals surface area contributed by atoms with Gasteiger partial charge >= 0.3 is 0 Å². The highest BCUT2D eigenvalue weighted by Gasteiger charge is 2.63. The molecule has 31 heavy (non-hydrogen) atoms. The number of carbonyl (C=O) groups excluding carboxylic acids is 1. The summed E-state index contributed by atoms with van der Waals surface area (Å²) in [6, 6.07) is 0. The Bertz CT molecular complexity index is 854. The van der Waals surface area contributed by atoms with Gasteiger partial charge in [-0.1, -0.05) is 6.92 Å². The predicted molar refractivity (Wildman–Crippen MR) is 118 cm³/mol. The smallest absolute Gasteiger partial charge is 0.155 e. The second-order valence-electron chi connectivity index (χ2n) is 11.7. The normalized spacial score (nSPS) is 46.7. The summed E-state index contributed by atoms with van der Waals surface area (Å²) in [5.41, 5.74) is -0.943. The van der Waals surface area contributed by atoms with Crippen molar-refractivity contribution in [3.63, 3.8) is 0 Å². The molecular weight excluding hydrogens is 393 g/mol. The number of hydrogen-bond donors (Lipinski definition) is 2. The molecule has 1 heterocycles. The number of nitrogens with zero attached hydrogens (tertiary/aromatic N) is 2. The van der Waals surface area contributed by atoms with Crippen LogP contribution < -0.4 is 5.32 Å². The standard InChI is InChI=1S/C25H38FN3O2/c1-23(31)10-11-25(26)16(12-23)4-5-18-19-6-7-21(24(19,2)9-8-20(18)25)22(30)14-27-17-13-28-29(3)15-17/h13,15-16,18-21,27,31H,4-12,14H2,1-3H3/t16-,18+,19?,20?,21-,23-,24+,25-/m1/s1. The number of Topliss-reactive ketones (excluding diaryl/α,β-unsaturated/α-hetero) is 1. The van der Waals surface area contributed by atoms with Crippen molar-refractivity contribution in [3.8, 4) is 0 Å². The molecule has 0 aromatic carbocycles. The Hall–Kier alpha value is -1.43. The summed E-state index contributed by atoms with van der Waals surface area (Å²) in [6.45, 7) is 4.54. The van der Waals surface area contributed by atoms with Crippen molar-refractivity contribution in [1.29, 1.82) is 0 Å². The molecule has 0 aliphatic heterocycles. The number of ketones is 1. The van der Waals surface area contributed by atoms with Crippen LogP contribution in [-0.4, -0.2) is 38.5 Å². The summed E-state index contributed by atoms with van der Waals surface area (Å²) in [5, 5.41) is 17.9. The Balaban J connectivity index is 1.30. The first kappa shape index (κ1) is 21.4. The van der Waals surface area contributed by atoms with Crippen LogP contribution in [0.4, 0.5) is 10.1 Å². The monoisotopic (exact) mass is 431 g/mol. The summed E-state index contributed by atoms with van der Waals surface area (Å²) >= 11 is 0. The van der Waals surface area contributed by atoms with Crippen molar-refractivity contribution in [1.82, 2.24) is 9.78 Å². The van der Waals surface area contributed by atoms with Crippen LogP contribution in [0.5, 0.6) is 0 Å². The lowest BCUT2D eigenvalue weighted by Crippen LogP contribution is -2.58. The lowest BCUT2D eigenvalue weighted by Gasteiger charge is -2.59. The molecule has 4 aliphatic rings. The fourth-order valence-electron chi connectivity index (χ4n) is 8.33. The van der Waals surface area contributed by atoms with Gasteiger partial charge in [-0.2, -0.15) is 5.10 Å². The van der Waals surface area contributed by atoms with E-state index < -0.39 is 11.3 Å². The van der Waals surface area contributed by atoms with E-state index >= 15 is 4.39 Å². The van der Waals surface area contributed by atoms with E-state index in [0.717, 1.165) is 44.2 Å². The summed E-state index contributed by atoms with van der Waals surface area (Å²) in [7, 11) is 1.87. The molecule has 4 aliphatic carbocycles. The van der Waals surface area contributed by atoms with E-state index in [1.54, 1.807) is 10.9 Å². The first-order chi connectivity index (χ1) is 14.6. The van der Waals surface area contributed by atoms with Gasteiger partial charge in [0.25, 0.3) is 0 Å². The highest BCUT2D eigenvalue weighted by Crippen LogP contribution is 2.66. The molecule has 8 atom stereocenters. The van der Waals surface area contributed by atoms with E-state index in [4.69, 9.17) is 0 Å². The Morgan fingerprint density at radius 1 is 1.19 bits per heavy atom. The van der Waals surface area contributed by atoms with E-state index in [9.17, 15) is 9.90 Å². The third kappa shape index (κ3) is 3.44. The average molecular weight is 432 g/mol. The summed E-state index contributed by atoms with van der Waals surface area (Å²) in [5.74, 6) is 1.33. The van der Waals surface area contributed by atoms with Crippen LogP contribution in [0.25, 0.3) is 0 Å². The Kier molecular flexibility index (Phi) is 5.04. The number of aromatic nitrogens is 2. The fourth-order valence-corrected chi connectivity index (χ4v) is 8.33. The summed E-state index contributed by atoms with van der Waals surface area (Å²) in [4.78, 5) is 13.2. The predicted octanol–water partition coefficient (Wildman–Crippen LogP) is 4.51. The van der Waals surface area contributed by atoms with Crippen LogP contribution >= 0.6 is 0 Å². The van der Waals surface area contributed by atoms with Crippen LogP contribution in [0.15, 0.2) is 12.4 Å². The minimum atomic E-state index is -1.11. The molecular formula is C25H38FN3O2. The van der Waals surface area contributed by atoms with E-state index in [1.165, 1.54) is 0 Å².